The summed E-state index contributed by atoms with van der Waals surface area (Å²) >= 11 is 7.86. The minimum Gasteiger partial charge on any atom is -0.394 e. The van der Waals surface area contributed by atoms with Crippen LogP contribution in [0.15, 0.2) is 0 Å². The number of hydrogen-bond acceptors (Lipinski definition) is 9. The van der Waals surface area contributed by atoms with Crippen LogP contribution < -0.4 is 27.0 Å². The summed E-state index contributed by atoms with van der Waals surface area (Å²) in [5, 5.41) is 18.0. The zero-order chi connectivity index (χ0) is 20.1. The fourth-order valence-electron chi connectivity index (χ4n) is 1.58. The molecule has 0 aliphatic heterocycles. The first-order valence-corrected chi connectivity index (χ1v) is 8.74. The summed E-state index contributed by atoms with van der Waals surface area (Å²) in [6.07, 6.45) is 0.350. The lowest BCUT2D eigenvalue weighted by atomic mass is 10.2. The van der Waals surface area contributed by atoms with Gasteiger partial charge in [-0.2, -0.15) is 25.3 Å². The van der Waals surface area contributed by atoms with E-state index in [9.17, 15) is 24.0 Å². The molecule has 0 radical (unpaired) electrons. The van der Waals surface area contributed by atoms with Crippen molar-refractivity contribution in [2.75, 3.05) is 31.2 Å². The van der Waals surface area contributed by atoms with Gasteiger partial charge in [0.2, 0.25) is 23.6 Å². The number of aldehydes is 1. The van der Waals surface area contributed by atoms with Gasteiger partial charge in [0.1, 0.15) is 24.4 Å². The van der Waals surface area contributed by atoms with Gasteiger partial charge in [-0.3, -0.25) is 19.2 Å². The zero-order valence-corrected chi connectivity index (χ0v) is 15.6. The van der Waals surface area contributed by atoms with Gasteiger partial charge in [0.05, 0.1) is 19.7 Å². The summed E-state index contributed by atoms with van der Waals surface area (Å²) in [6.45, 7) is -1.35. The number of amides is 4. The van der Waals surface area contributed by atoms with E-state index >= 15 is 0 Å². The molecule has 0 fully saturated rings. The van der Waals surface area contributed by atoms with E-state index in [1.807, 2.05) is 0 Å². The fourth-order valence-corrected chi connectivity index (χ4v) is 2.10. The third kappa shape index (κ3) is 9.03. The van der Waals surface area contributed by atoms with Gasteiger partial charge in [-0.05, 0) is 0 Å². The van der Waals surface area contributed by atoms with Crippen LogP contribution in [0.5, 0.6) is 0 Å². The van der Waals surface area contributed by atoms with E-state index in [4.69, 9.17) is 10.8 Å². The van der Waals surface area contributed by atoms with Crippen LogP contribution in [0.25, 0.3) is 0 Å². The number of hydrogen-bond donors (Lipinski definition) is 8. The first-order chi connectivity index (χ1) is 12.3. The number of carbonyl (C=O) groups excluding carboxylic acids is 5. The van der Waals surface area contributed by atoms with Crippen molar-refractivity contribution >= 4 is 55.2 Å². The molecule has 148 valence electrons. The molecule has 0 saturated heterocycles. The summed E-state index contributed by atoms with van der Waals surface area (Å²) in [7, 11) is 0. The highest BCUT2D eigenvalue weighted by Crippen LogP contribution is 1.92. The van der Waals surface area contributed by atoms with Crippen molar-refractivity contribution in [2.45, 2.75) is 18.1 Å². The molecule has 4 amide bonds. The molecule has 0 rings (SSSR count). The SMILES string of the molecule is NCC(=O)N[C@@H](CS)C(=O)NCC(=O)N[C@@H](CS)C(=O)N[C@H](C=O)CO. The molecular formula is C13H23N5O6S2. The molecule has 0 aliphatic carbocycles. The van der Waals surface area contributed by atoms with Crippen LogP contribution >= 0.6 is 25.3 Å². The van der Waals surface area contributed by atoms with Crippen molar-refractivity contribution in [1.29, 1.82) is 0 Å². The summed E-state index contributed by atoms with van der Waals surface area (Å²) in [6, 6.07) is -3.14. The minimum atomic E-state index is -1.09. The molecular weight excluding hydrogens is 386 g/mol. The Labute approximate surface area is 161 Å². The van der Waals surface area contributed by atoms with Gasteiger partial charge in [0.15, 0.2) is 0 Å². The molecule has 26 heavy (non-hydrogen) atoms. The van der Waals surface area contributed by atoms with Gasteiger partial charge >= 0.3 is 0 Å². The van der Waals surface area contributed by atoms with E-state index in [0.29, 0.717) is 6.29 Å². The monoisotopic (exact) mass is 409 g/mol. The molecule has 0 heterocycles. The highest BCUT2D eigenvalue weighted by atomic mass is 32.1. The van der Waals surface area contributed by atoms with E-state index in [1.165, 1.54) is 0 Å². The van der Waals surface area contributed by atoms with E-state index in [-0.39, 0.29) is 18.1 Å². The Balaban J connectivity index is 4.52. The van der Waals surface area contributed by atoms with Crippen molar-refractivity contribution in [3.05, 3.63) is 0 Å². The summed E-state index contributed by atoms with van der Waals surface area (Å²) in [5.74, 6) is -2.69. The Morgan fingerprint density at radius 3 is 1.96 bits per heavy atom. The van der Waals surface area contributed by atoms with Gasteiger partial charge < -0.3 is 36.9 Å². The summed E-state index contributed by atoms with van der Waals surface area (Å²) < 4.78 is 0. The molecule has 0 unspecified atom stereocenters. The van der Waals surface area contributed by atoms with Gasteiger partial charge in [-0.1, -0.05) is 0 Å². The highest BCUT2D eigenvalue weighted by Gasteiger charge is 2.23. The highest BCUT2D eigenvalue weighted by molar-refractivity contribution is 7.80. The molecule has 0 saturated carbocycles. The van der Waals surface area contributed by atoms with Gasteiger partial charge in [-0.15, -0.1) is 0 Å². The fraction of sp³-hybridized carbons (Fsp3) is 0.615. The number of thiol groups is 2. The first kappa shape index (κ1) is 24.2. The molecule has 0 aliphatic rings. The van der Waals surface area contributed by atoms with Gasteiger partial charge in [-0.25, -0.2) is 0 Å². The smallest absolute Gasteiger partial charge is 0.244 e. The van der Waals surface area contributed by atoms with Gasteiger partial charge in [0.25, 0.3) is 0 Å². The lowest BCUT2D eigenvalue weighted by Gasteiger charge is -2.19. The van der Waals surface area contributed by atoms with Crippen LogP contribution in [0.1, 0.15) is 0 Å². The van der Waals surface area contributed by atoms with Crippen molar-refractivity contribution in [3.63, 3.8) is 0 Å². The largest absolute Gasteiger partial charge is 0.394 e. The predicted molar refractivity (Wildman–Crippen MR) is 98.7 cm³/mol. The molecule has 0 aromatic heterocycles. The normalized spacial score (nSPS) is 13.7. The molecule has 0 bridgehead atoms. The predicted octanol–water partition coefficient (Wildman–Crippen LogP) is -4.43. The van der Waals surface area contributed by atoms with Crippen LogP contribution in [0.2, 0.25) is 0 Å². The topological polar surface area (TPSA) is 180 Å². The number of aliphatic hydroxyl groups is 1. The summed E-state index contributed by atoms with van der Waals surface area (Å²) in [5.41, 5.74) is 5.13. The Hall–Kier alpha value is -1.83. The third-order valence-corrected chi connectivity index (χ3v) is 3.70. The second kappa shape index (κ2) is 13.4. The second-order valence-corrected chi connectivity index (χ2v) is 5.69. The quantitative estimate of drug-likeness (QED) is 0.118. The van der Waals surface area contributed by atoms with Crippen LogP contribution in [0, 0.1) is 0 Å². The maximum atomic E-state index is 11.9. The van der Waals surface area contributed by atoms with Crippen LogP contribution in [0.3, 0.4) is 0 Å². The maximum Gasteiger partial charge on any atom is 0.244 e. The standard InChI is InChI=1S/C13H23N5O6S2/c14-1-10(21)17-8(5-25)12(23)15-2-11(22)18-9(6-26)13(24)16-7(3-19)4-20/h3,7-9,20,25-26H,1-2,4-6,14H2,(H,15,23)(H,16,24)(H,17,21)(H,18,22)/t7-,8+,9+/m1/s1. The number of rotatable bonds is 12. The molecule has 0 spiro atoms. The number of aliphatic hydroxyl groups excluding tert-OH is 1. The van der Waals surface area contributed by atoms with Crippen LogP contribution in [-0.4, -0.2) is 84.3 Å². The maximum absolute atomic E-state index is 11.9. The van der Waals surface area contributed by atoms with Crippen molar-refractivity contribution < 1.29 is 29.1 Å². The van der Waals surface area contributed by atoms with Gasteiger partial charge in [0, 0.05) is 11.5 Å². The average Bonchev–Trinajstić information content (AvgIpc) is 2.65. The number of nitrogens with one attached hydrogen (secondary N) is 4. The van der Waals surface area contributed by atoms with Crippen LogP contribution in [0.4, 0.5) is 0 Å². The van der Waals surface area contributed by atoms with Crippen molar-refractivity contribution in [1.82, 2.24) is 21.3 Å². The average molecular weight is 409 g/mol. The Morgan fingerprint density at radius 1 is 0.962 bits per heavy atom. The van der Waals surface area contributed by atoms with E-state index < -0.39 is 54.9 Å². The Bertz CT molecular complexity index is 521. The molecule has 0 aromatic rings. The Kier molecular flexibility index (Phi) is 12.4. The van der Waals surface area contributed by atoms with Crippen molar-refractivity contribution in [3.8, 4) is 0 Å². The Morgan fingerprint density at radius 2 is 1.50 bits per heavy atom. The van der Waals surface area contributed by atoms with Crippen LogP contribution in [-0.2, 0) is 24.0 Å². The first-order valence-electron chi connectivity index (χ1n) is 7.47. The molecule has 11 nitrogen and oxygen atoms in total. The lowest BCUT2D eigenvalue weighted by molar-refractivity contribution is -0.131. The zero-order valence-electron chi connectivity index (χ0n) is 13.8. The van der Waals surface area contributed by atoms with Crippen molar-refractivity contribution in [2.24, 2.45) is 5.73 Å². The minimum absolute atomic E-state index is 0.00485. The number of nitrogens with two attached hydrogens (primary N) is 1. The molecule has 13 heteroatoms. The second-order valence-electron chi connectivity index (χ2n) is 4.96. The third-order valence-electron chi connectivity index (χ3n) is 2.97. The molecule has 7 N–H and O–H groups in total. The number of carbonyl (C=O) groups is 5. The lowest BCUT2D eigenvalue weighted by Crippen LogP contribution is -2.55. The summed E-state index contributed by atoms with van der Waals surface area (Å²) in [4.78, 5) is 57.4. The van der Waals surface area contributed by atoms with E-state index in [1.54, 1.807) is 0 Å². The molecule has 3 atom stereocenters. The van der Waals surface area contributed by atoms with E-state index in [2.05, 4.69) is 46.5 Å². The van der Waals surface area contributed by atoms with E-state index in [0.717, 1.165) is 0 Å². The molecule has 0 aromatic carbocycles.